The largest absolute Gasteiger partial charge is 0.474 e. The van der Waals surface area contributed by atoms with Crippen LogP contribution in [0.5, 0.6) is 5.88 Å². The molecule has 1 fully saturated rings. The maximum atomic E-state index is 9.20. The van der Waals surface area contributed by atoms with Crippen molar-refractivity contribution in [1.29, 1.82) is 0 Å². The van der Waals surface area contributed by atoms with Crippen LogP contribution in [0.2, 0.25) is 0 Å². The van der Waals surface area contributed by atoms with Crippen molar-refractivity contribution in [2.24, 2.45) is 0 Å². The molecule has 3 nitrogen and oxygen atoms in total. The summed E-state index contributed by atoms with van der Waals surface area (Å²) in [6.45, 7) is 2.12. The molecule has 3 heteroatoms. The van der Waals surface area contributed by atoms with Gasteiger partial charge in [0.15, 0.2) is 0 Å². The third-order valence-electron chi connectivity index (χ3n) is 3.30. The molecule has 94 valence electrons. The Morgan fingerprint density at radius 3 is 2.71 bits per heavy atom. The fourth-order valence-electron chi connectivity index (χ4n) is 2.31. The zero-order chi connectivity index (χ0) is 12.1. The van der Waals surface area contributed by atoms with Gasteiger partial charge in [0.2, 0.25) is 5.88 Å². The molecule has 0 atom stereocenters. The molecule has 1 N–H and O–H groups in total. The quantitative estimate of drug-likeness (QED) is 0.872. The lowest BCUT2D eigenvalue weighted by molar-refractivity contribution is 0.148. The maximum absolute atomic E-state index is 9.20. The third-order valence-corrected chi connectivity index (χ3v) is 3.30. The first-order valence-corrected chi connectivity index (χ1v) is 6.59. The number of hydrogen-bond acceptors (Lipinski definition) is 3. The molecule has 0 unspecified atom stereocenters. The van der Waals surface area contributed by atoms with Gasteiger partial charge < -0.3 is 9.84 Å². The lowest BCUT2D eigenvalue weighted by Crippen LogP contribution is -2.20. The molecule has 1 aliphatic rings. The Kier molecular flexibility index (Phi) is 4.37. The van der Waals surface area contributed by atoms with Gasteiger partial charge in [-0.1, -0.05) is 13.3 Å². The molecule has 0 bridgehead atoms. The summed E-state index contributed by atoms with van der Waals surface area (Å²) in [4.78, 5) is 4.46. The first kappa shape index (κ1) is 12.4. The monoisotopic (exact) mass is 235 g/mol. The van der Waals surface area contributed by atoms with Gasteiger partial charge in [-0.3, -0.25) is 0 Å². The van der Waals surface area contributed by atoms with Crippen molar-refractivity contribution in [3.8, 4) is 5.88 Å². The average molecular weight is 235 g/mol. The molecule has 0 aliphatic heterocycles. The molecule has 2 rings (SSSR count). The Morgan fingerprint density at radius 1 is 1.29 bits per heavy atom. The predicted octanol–water partition coefficient (Wildman–Crippen LogP) is 2.85. The van der Waals surface area contributed by atoms with Crippen LogP contribution in [0.4, 0.5) is 0 Å². The number of aromatic nitrogens is 1. The number of aryl methyl sites for hydroxylation is 1. The summed E-state index contributed by atoms with van der Waals surface area (Å²) in [6, 6.07) is 3.79. The van der Waals surface area contributed by atoms with Crippen molar-refractivity contribution in [3.63, 3.8) is 0 Å². The summed E-state index contributed by atoms with van der Waals surface area (Å²) in [5.74, 6) is 0.681. The number of ether oxygens (including phenoxy) is 1. The van der Waals surface area contributed by atoms with Gasteiger partial charge in [0.1, 0.15) is 6.10 Å². The van der Waals surface area contributed by atoms with E-state index in [1.807, 2.05) is 12.1 Å². The second kappa shape index (κ2) is 6.01. The van der Waals surface area contributed by atoms with E-state index in [9.17, 15) is 5.11 Å². The first-order chi connectivity index (χ1) is 8.31. The highest BCUT2D eigenvalue weighted by molar-refractivity contribution is 5.25. The SMILES string of the molecule is CCc1cc(CO)cc(OC2CCCCC2)n1. The van der Waals surface area contributed by atoms with Gasteiger partial charge in [0, 0.05) is 11.8 Å². The Balaban J connectivity index is 2.07. The van der Waals surface area contributed by atoms with Crippen LogP contribution in [-0.4, -0.2) is 16.2 Å². The fourth-order valence-corrected chi connectivity index (χ4v) is 2.31. The van der Waals surface area contributed by atoms with Crippen LogP contribution in [0.3, 0.4) is 0 Å². The van der Waals surface area contributed by atoms with E-state index >= 15 is 0 Å². The molecule has 0 aromatic carbocycles. The molecular weight excluding hydrogens is 214 g/mol. The highest BCUT2D eigenvalue weighted by Crippen LogP contribution is 2.23. The maximum Gasteiger partial charge on any atom is 0.214 e. The number of aliphatic hydroxyl groups excluding tert-OH is 1. The highest BCUT2D eigenvalue weighted by Gasteiger charge is 2.15. The van der Waals surface area contributed by atoms with E-state index in [1.54, 1.807) is 0 Å². The minimum atomic E-state index is 0.0521. The van der Waals surface area contributed by atoms with Crippen LogP contribution in [0.25, 0.3) is 0 Å². The minimum absolute atomic E-state index is 0.0521. The van der Waals surface area contributed by atoms with E-state index in [4.69, 9.17) is 4.74 Å². The minimum Gasteiger partial charge on any atom is -0.474 e. The fraction of sp³-hybridized carbons (Fsp3) is 0.643. The second-order valence-electron chi connectivity index (χ2n) is 4.69. The number of aliphatic hydroxyl groups is 1. The van der Waals surface area contributed by atoms with Crippen molar-refractivity contribution in [2.75, 3.05) is 0 Å². The molecule has 1 aliphatic carbocycles. The number of pyridine rings is 1. The number of rotatable bonds is 4. The van der Waals surface area contributed by atoms with E-state index in [1.165, 1.54) is 19.3 Å². The molecule has 1 heterocycles. The molecular formula is C14H21NO2. The third kappa shape index (κ3) is 3.43. The van der Waals surface area contributed by atoms with E-state index in [-0.39, 0.29) is 6.61 Å². The summed E-state index contributed by atoms with van der Waals surface area (Å²) in [5.41, 5.74) is 1.88. The number of nitrogens with zero attached hydrogens (tertiary/aromatic N) is 1. The van der Waals surface area contributed by atoms with Crippen molar-refractivity contribution < 1.29 is 9.84 Å². The average Bonchev–Trinajstić information content (AvgIpc) is 2.39. The molecule has 0 amide bonds. The number of hydrogen-bond donors (Lipinski definition) is 1. The predicted molar refractivity (Wildman–Crippen MR) is 67.0 cm³/mol. The van der Waals surface area contributed by atoms with Crippen LogP contribution in [0.1, 0.15) is 50.3 Å². The molecule has 0 radical (unpaired) electrons. The Bertz CT molecular complexity index is 337. The van der Waals surface area contributed by atoms with Crippen LogP contribution in [0.15, 0.2) is 12.1 Å². The second-order valence-corrected chi connectivity index (χ2v) is 4.69. The first-order valence-electron chi connectivity index (χ1n) is 6.59. The summed E-state index contributed by atoms with van der Waals surface area (Å²) in [6.07, 6.45) is 7.28. The van der Waals surface area contributed by atoms with Gasteiger partial charge in [-0.15, -0.1) is 0 Å². The van der Waals surface area contributed by atoms with E-state index in [2.05, 4.69) is 11.9 Å². The zero-order valence-electron chi connectivity index (χ0n) is 10.5. The van der Waals surface area contributed by atoms with E-state index in [0.717, 1.165) is 30.5 Å². The molecule has 0 saturated heterocycles. The molecule has 0 spiro atoms. The normalized spacial score (nSPS) is 17.1. The highest BCUT2D eigenvalue weighted by atomic mass is 16.5. The van der Waals surface area contributed by atoms with Crippen LogP contribution < -0.4 is 4.74 Å². The van der Waals surface area contributed by atoms with E-state index < -0.39 is 0 Å². The van der Waals surface area contributed by atoms with Crippen LogP contribution >= 0.6 is 0 Å². The van der Waals surface area contributed by atoms with Gasteiger partial charge >= 0.3 is 0 Å². The summed E-state index contributed by atoms with van der Waals surface area (Å²) < 4.78 is 5.92. The Hall–Kier alpha value is -1.09. The van der Waals surface area contributed by atoms with Gasteiger partial charge in [0.05, 0.1) is 6.61 Å². The van der Waals surface area contributed by atoms with Crippen molar-refractivity contribution >= 4 is 0 Å². The molecule has 1 aromatic rings. The van der Waals surface area contributed by atoms with Crippen molar-refractivity contribution in [3.05, 3.63) is 23.4 Å². The summed E-state index contributed by atoms with van der Waals surface area (Å²) in [5, 5.41) is 9.20. The lowest BCUT2D eigenvalue weighted by atomic mass is 9.98. The lowest BCUT2D eigenvalue weighted by Gasteiger charge is -2.22. The summed E-state index contributed by atoms with van der Waals surface area (Å²) >= 11 is 0. The zero-order valence-corrected chi connectivity index (χ0v) is 10.5. The summed E-state index contributed by atoms with van der Waals surface area (Å²) in [7, 11) is 0. The van der Waals surface area contributed by atoms with Crippen LogP contribution in [0, 0.1) is 0 Å². The van der Waals surface area contributed by atoms with Gasteiger partial charge in [0.25, 0.3) is 0 Å². The standard InChI is InChI=1S/C14H21NO2/c1-2-12-8-11(10-16)9-14(15-12)17-13-6-4-3-5-7-13/h8-9,13,16H,2-7,10H2,1H3. The Morgan fingerprint density at radius 2 is 2.06 bits per heavy atom. The molecule has 17 heavy (non-hydrogen) atoms. The smallest absolute Gasteiger partial charge is 0.214 e. The van der Waals surface area contributed by atoms with Crippen molar-refractivity contribution in [2.45, 2.75) is 58.2 Å². The van der Waals surface area contributed by atoms with Crippen LogP contribution in [-0.2, 0) is 13.0 Å². The van der Waals surface area contributed by atoms with Crippen molar-refractivity contribution in [1.82, 2.24) is 4.98 Å². The van der Waals surface area contributed by atoms with Gasteiger partial charge in [-0.05, 0) is 43.7 Å². The van der Waals surface area contributed by atoms with Gasteiger partial charge in [-0.25, -0.2) is 4.98 Å². The van der Waals surface area contributed by atoms with Gasteiger partial charge in [-0.2, -0.15) is 0 Å². The topological polar surface area (TPSA) is 42.4 Å². The molecule has 1 aromatic heterocycles. The molecule has 1 saturated carbocycles. The van der Waals surface area contributed by atoms with E-state index in [0.29, 0.717) is 12.0 Å². The Labute approximate surface area is 103 Å².